The second-order valence-electron chi connectivity index (χ2n) is 5.76. The van der Waals surface area contributed by atoms with Crippen LogP contribution in [0, 0.1) is 13.8 Å². The van der Waals surface area contributed by atoms with Crippen molar-refractivity contribution < 1.29 is 4.79 Å². The van der Waals surface area contributed by atoms with Gasteiger partial charge in [-0.1, -0.05) is 55.8 Å². The van der Waals surface area contributed by atoms with E-state index in [-0.39, 0.29) is 5.78 Å². The molecule has 1 nitrogen and oxygen atoms in total. The third-order valence-electron chi connectivity index (χ3n) is 3.59. The number of aryl methyl sites for hydroxylation is 2. The van der Waals surface area contributed by atoms with Gasteiger partial charge in [0.25, 0.3) is 0 Å². The molecule has 0 aliphatic heterocycles. The number of hydrogen-bond donors (Lipinski definition) is 0. The lowest BCUT2D eigenvalue weighted by molar-refractivity contribution is 0.102. The summed E-state index contributed by atoms with van der Waals surface area (Å²) in [7, 11) is 0. The second kappa shape index (κ2) is 6.95. The van der Waals surface area contributed by atoms with Gasteiger partial charge in [-0.15, -0.1) is 11.8 Å². The minimum absolute atomic E-state index is 0.190. The van der Waals surface area contributed by atoms with Crippen molar-refractivity contribution in [1.29, 1.82) is 0 Å². The average molecular weight is 298 g/mol. The number of hydrogen-bond acceptors (Lipinski definition) is 2. The van der Waals surface area contributed by atoms with Crippen molar-refractivity contribution in [2.75, 3.05) is 5.75 Å². The fraction of sp³-hybridized carbons (Fsp3) is 0.316. The summed E-state index contributed by atoms with van der Waals surface area (Å²) in [6, 6.07) is 14.4. The number of rotatable bonds is 5. The standard InChI is InChI=1S/C19H22OS/c1-13(2)16-6-8-17(9-7-16)18(20)12-21-19-10-5-14(3)11-15(19)4/h5-11,13H,12H2,1-4H3. The van der Waals surface area contributed by atoms with Crippen LogP contribution in [0.1, 0.15) is 46.8 Å². The zero-order valence-electron chi connectivity index (χ0n) is 13.1. The zero-order chi connectivity index (χ0) is 15.4. The Morgan fingerprint density at radius 2 is 1.71 bits per heavy atom. The van der Waals surface area contributed by atoms with Gasteiger partial charge in [-0.3, -0.25) is 4.79 Å². The Labute approximate surface area is 131 Å². The van der Waals surface area contributed by atoms with E-state index in [0.717, 1.165) is 5.56 Å². The topological polar surface area (TPSA) is 17.1 Å². The highest BCUT2D eigenvalue weighted by molar-refractivity contribution is 8.00. The maximum Gasteiger partial charge on any atom is 0.173 e. The lowest BCUT2D eigenvalue weighted by atomic mass is 10.0. The molecule has 0 spiro atoms. The predicted octanol–water partition coefficient (Wildman–Crippen LogP) is 5.40. The number of benzene rings is 2. The summed E-state index contributed by atoms with van der Waals surface area (Å²) >= 11 is 1.62. The number of carbonyl (C=O) groups excluding carboxylic acids is 1. The summed E-state index contributed by atoms with van der Waals surface area (Å²) in [5, 5.41) is 0. The van der Waals surface area contributed by atoms with Gasteiger partial charge in [0, 0.05) is 10.5 Å². The highest BCUT2D eigenvalue weighted by atomic mass is 32.2. The molecule has 0 N–H and O–H groups in total. The number of thioether (sulfide) groups is 1. The number of ketones is 1. The van der Waals surface area contributed by atoms with Crippen molar-refractivity contribution in [3.63, 3.8) is 0 Å². The molecular formula is C19H22OS. The molecule has 0 radical (unpaired) electrons. The van der Waals surface area contributed by atoms with E-state index in [1.54, 1.807) is 11.8 Å². The Morgan fingerprint density at radius 1 is 1.05 bits per heavy atom. The summed E-state index contributed by atoms with van der Waals surface area (Å²) in [6.07, 6.45) is 0. The quantitative estimate of drug-likeness (QED) is 0.543. The van der Waals surface area contributed by atoms with Gasteiger partial charge in [0.15, 0.2) is 5.78 Å². The van der Waals surface area contributed by atoms with E-state index < -0.39 is 0 Å². The molecule has 0 saturated heterocycles. The van der Waals surface area contributed by atoms with Crippen molar-refractivity contribution in [2.24, 2.45) is 0 Å². The van der Waals surface area contributed by atoms with E-state index in [1.165, 1.54) is 21.6 Å². The molecule has 2 aromatic rings. The largest absolute Gasteiger partial charge is 0.293 e. The molecule has 2 aromatic carbocycles. The Morgan fingerprint density at radius 3 is 2.29 bits per heavy atom. The molecule has 110 valence electrons. The molecule has 0 aromatic heterocycles. The van der Waals surface area contributed by atoms with Crippen LogP contribution in [0.3, 0.4) is 0 Å². The minimum atomic E-state index is 0.190. The van der Waals surface area contributed by atoms with Gasteiger partial charge in [-0.25, -0.2) is 0 Å². The first-order chi connectivity index (χ1) is 9.97. The molecule has 2 heteroatoms. The molecule has 0 atom stereocenters. The average Bonchev–Trinajstić information content (AvgIpc) is 2.46. The Kier molecular flexibility index (Phi) is 5.24. The molecule has 0 unspecified atom stereocenters. The van der Waals surface area contributed by atoms with Crippen molar-refractivity contribution in [3.05, 3.63) is 64.7 Å². The molecule has 0 bridgehead atoms. The summed E-state index contributed by atoms with van der Waals surface area (Å²) in [4.78, 5) is 13.4. The monoisotopic (exact) mass is 298 g/mol. The Balaban J connectivity index is 2.01. The van der Waals surface area contributed by atoms with Crippen molar-refractivity contribution in [1.82, 2.24) is 0 Å². The molecule has 0 fully saturated rings. The first kappa shape index (κ1) is 15.8. The molecule has 2 rings (SSSR count). The van der Waals surface area contributed by atoms with Crippen molar-refractivity contribution in [2.45, 2.75) is 38.5 Å². The summed E-state index contributed by atoms with van der Waals surface area (Å²) in [6.45, 7) is 8.50. The fourth-order valence-electron chi connectivity index (χ4n) is 2.24. The van der Waals surface area contributed by atoms with Crippen LogP contribution in [0.5, 0.6) is 0 Å². The van der Waals surface area contributed by atoms with E-state index in [1.807, 2.05) is 12.1 Å². The maximum absolute atomic E-state index is 12.3. The third-order valence-corrected chi connectivity index (χ3v) is 4.76. The van der Waals surface area contributed by atoms with Crippen LogP contribution in [0.2, 0.25) is 0 Å². The van der Waals surface area contributed by atoms with Crippen LogP contribution in [0.4, 0.5) is 0 Å². The maximum atomic E-state index is 12.3. The van der Waals surface area contributed by atoms with Gasteiger partial charge in [0.1, 0.15) is 0 Å². The fourth-order valence-corrected chi connectivity index (χ4v) is 3.15. The van der Waals surface area contributed by atoms with Gasteiger partial charge in [-0.2, -0.15) is 0 Å². The van der Waals surface area contributed by atoms with Gasteiger partial charge in [-0.05, 0) is 37.0 Å². The van der Waals surface area contributed by atoms with E-state index in [9.17, 15) is 4.79 Å². The van der Waals surface area contributed by atoms with Crippen LogP contribution in [-0.4, -0.2) is 11.5 Å². The van der Waals surface area contributed by atoms with E-state index in [4.69, 9.17) is 0 Å². The molecule has 0 heterocycles. The molecule has 0 saturated carbocycles. The second-order valence-corrected chi connectivity index (χ2v) is 6.77. The van der Waals surface area contributed by atoms with Gasteiger partial charge < -0.3 is 0 Å². The molecule has 0 aliphatic carbocycles. The third kappa shape index (κ3) is 4.21. The van der Waals surface area contributed by atoms with Gasteiger partial charge >= 0.3 is 0 Å². The van der Waals surface area contributed by atoms with Gasteiger partial charge in [0.2, 0.25) is 0 Å². The van der Waals surface area contributed by atoms with Crippen LogP contribution in [0.15, 0.2) is 47.4 Å². The molecular weight excluding hydrogens is 276 g/mol. The van der Waals surface area contributed by atoms with Gasteiger partial charge in [0.05, 0.1) is 5.75 Å². The zero-order valence-corrected chi connectivity index (χ0v) is 14.0. The van der Waals surface area contributed by atoms with E-state index >= 15 is 0 Å². The summed E-state index contributed by atoms with van der Waals surface area (Å²) in [5.41, 5.74) is 4.57. The first-order valence-corrected chi connectivity index (χ1v) is 8.29. The predicted molar refractivity (Wildman–Crippen MR) is 91.5 cm³/mol. The van der Waals surface area contributed by atoms with Crippen molar-refractivity contribution in [3.8, 4) is 0 Å². The van der Waals surface area contributed by atoms with Crippen LogP contribution in [-0.2, 0) is 0 Å². The Hall–Kier alpha value is -1.54. The normalized spacial score (nSPS) is 10.9. The summed E-state index contributed by atoms with van der Waals surface area (Å²) in [5.74, 6) is 1.18. The number of Topliss-reactive ketones (excluding diaryl/α,β-unsaturated/α-hetero) is 1. The van der Waals surface area contributed by atoms with E-state index in [0.29, 0.717) is 11.7 Å². The highest BCUT2D eigenvalue weighted by Gasteiger charge is 2.08. The molecule has 21 heavy (non-hydrogen) atoms. The van der Waals surface area contributed by atoms with Crippen LogP contribution < -0.4 is 0 Å². The SMILES string of the molecule is Cc1ccc(SCC(=O)c2ccc(C(C)C)cc2)c(C)c1. The van der Waals surface area contributed by atoms with Crippen LogP contribution >= 0.6 is 11.8 Å². The Bertz CT molecular complexity index is 627. The van der Waals surface area contributed by atoms with Crippen molar-refractivity contribution >= 4 is 17.5 Å². The molecule has 0 amide bonds. The minimum Gasteiger partial charge on any atom is -0.293 e. The smallest absolute Gasteiger partial charge is 0.173 e. The van der Waals surface area contributed by atoms with Crippen LogP contribution in [0.25, 0.3) is 0 Å². The lowest BCUT2D eigenvalue weighted by Gasteiger charge is -2.08. The lowest BCUT2D eigenvalue weighted by Crippen LogP contribution is -2.03. The highest BCUT2D eigenvalue weighted by Crippen LogP contribution is 2.24. The first-order valence-electron chi connectivity index (χ1n) is 7.30. The number of carbonyl (C=O) groups is 1. The van der Waals surface area contributed by atoms with E-state index in [2.05, 4.69) is 58.0 Å². The molecule has 0 aliphatic rings. The summed E-state index contributed by atoms with van der Waals surface area (Å²) < 4.78 is 0.